The van der Waals surface area contributed by atoms with E-state index in [4.69, 9.17) is 4.42 Å². The van der Waals surface area contributed by atoms with E-state index in [1.807, 2.05) is 24.3 Å². The number of benzene rings is 2. The number of sulfonamides is 1. The molecule has 8 heteroatoms. The van der Waals surface area contributed by atoms with E-state index >= 15 is 0 Å². The summed E-state index contributed by atoms with van der Waals surface area (Å²) >= 11 is 0. The monoisotopic (exact) mass is 467 g/mol. The Bertz CT molecular complexity index is 1200. The van der Waals surface area contributed by atoms with E-state index in [1.165, 1.54) is 6.07 Å². The lowest BCUT2D eigenvalue weighted by atomic mass is 9.96. The zero-order chi connectivity index (χ0) is 22.8. The van der Waals surface area contributed by atoms with Crippen molar-refractivity contribution in [2.45, 2.75) is 49.3 Å². The van der Waals surface area contributed by atoms with Crippen LogP contribution in [0.4, 0.5) is 0 Å². The van der Waals surface area contributed by atoms with Gasteiger partial charge in [0.15, 0.2) is 11.5 Å². The first-order valence-corrected chi connectivity index (χ1v) is 13.2. The van der Waals surface area contributed by atoms with Gasteiger partial charge in [0.1, 0.15) is 5.52 Å². The van der Waals surface area contributed by atoms with Gasteiger partial charge in [-0.15, -0.1) is 0 Å². The van der Waals surface area contributed by atoms with Crippen molar-refractivity contribution >= 4 is 27.0 Å². The summed E-state index contributed by atoms with van der Waals surface area (Å²) in [5, 5.41) is 0. The summed E-state index contributed by atoms with van der Waals surface area (Å²) in [5.41, 5.74) is 2.06. The van der Waals surface area contributed by atoms with Gasteiger partial charge < -0.3 is 9.32 Å². The number of amides is 1. The molecular formula is C25H29N3O4S. The van der Waals surface area contributed by atoms with Crippen LogP contribution in [0.25, 0.3) is 11.1 Å². The highest BCUT2D eigenvalue weighted by Gasteiger charge is 2.29. The molecule has 3 aromatic rings. The van der Waals surface area contributed by atoms with Gasteiger partial charge in [0, 0.05) is 37.7 Å². The highest BCUT2D eigenvalue weighted by molar-refractivity contribution is 7.89. The fourth-order valence-electron chi connectivity index (χ4n) is 4.80. The third-order valence-corrected chi connectivity index (χ3v) is 8.62. The number of nitrogens with zero attached hydrogens (tertiary/aromatic N) is 3. The van der Waals surface area contributed by atoms with Gasteiger partial charge in [0.05, 0.1) is 4.90 Å². The summed E-state index contributed by atoms with van der Waals surface area (Å²) in [6.07, 6.45) is 5.42. The quantitative estimate of drug-likeness (QED) is 0.567. The van der Waals surface area contributed by atoms with Crippen LogP contribution >= 0.6 is 0 Å². The average Bonchev–Trinajstić information content (AvgIpc) is 3.09. The molecule has 2 fully saturated rings. The molecule has 0 N–H and O–H groups in total. The van der Waals surface area contributed by atoms with E-state index in [9.17, 15) is 13.2 Å². The minimum Gasteiger partial charge on any atom is -0.440 e. The van der Waals surface area contributed by atoms with Crippen molar-refractivity contribution in [1.82, 2.24) is 14.2 Å². The number of hydrogen-bond acceptors (Lipinski definition) is 5. The number of aromatic nitrogens is 1. The van der Waals surface area contributed by atoms with Crippen molar-refractivity contribution in [1.29, 1.82) is 0 Å². The molecule has 5 rings (SSSR count). The molecule has 0 saturated carbocycles. The Labute approximate surface area is 194 Å². The lowest BCUT2D eigenvalue weighted by molar-refractivity contribution is 0.0706. The Balaban J connectivity index is 1.27. The maximum Gasteiger partial charge on any atom is 0.253 e. The van der Waals surface area contributed by atoms with E-state index in [0.717, 1.165) is 55.5 Å². The number of rotatable bonds is 4. The summed E-state index contributed by atoms with van der Waals surface area (Å²) in [6, 6.07) is 14.2. The van der Waals surface area contributed by atoms with Gasteiger partial charge in [-0.25, -0.2) is 13.4 Å². The average molecular weight is 468 g/mol. The lowest BCUT2D eigenvalue weighted by Crippen LogP contribution is -2.38. The second-order valence-corrected chi connectivity index (χ2v) is 10.9. The van der Waals surface area contributed by atoms with Crippen LogP contribution in [-0.2, 0) is 10.0 Å². The van der Waals surface area contributed by atoms with Crippen molar-refractivity contribution in [3.63, 3.8) is 0 Å². The Morgan fingerprint density at radius 2 is 1.64 bits per heavy atom. The van der Waals surface area contributed by atoms with Crippen LogP contribution in [0.2, 0.25) is 0 Å². The zero-order valence-electron chi connectivity index (χ0n) is 18.7. The predicted molar refractivity (Wildman–Crippen MR) is 126 cm³/mol. The van der Waals surface area contributed by atoms with E-state index < -0.39 is 10.0 Å². The van der Waals surface area contributed by atoms with Gasteiger partial charge in [-0.3, -0.25) is 4.79 Å². The van der Waals surface area contributed by atoms with Gasteiger partial charge >= 0.3 is 0 Å². The molecule has 0 atom stereocenters. The van der Waals surface area contributed by atoms with Crippen LogP contribution < -0.4 is 0 Å². The number of para-hydroxylation sites is 2. The number of piperidine rings is 1. The first-order valence-electron chi connectivity index (χ1n) is 11.8. The minimum absolute atomic E-state index is 0.126. The molecule has 2 saturated heterocycles. The third kappa shape index (κ3) is 4.54. The highest BCUT2D eigenvalue weighted by Crippen LogP contribution is 2.31. The van der Waals surface area contributed by atoms with Crippen molar-refractivity contribution < 1.29 is 17.6 Å². The second-order valence-electron chi connectivity index (χ2n) is 8.93. The predicted octanol–water partition coefficient (Wildman–Crippen LogP) is 4.41. The van der Waals surface area contributed by atoms with Crippen LogP contribution in [0.1, 0.15) is 60.7 Å². The highest BCUT2D eigenvalue weighted by atomic mass is 32.2. The van der Waals surface area contributed by atoms with Crippen molar-refractivity contribution in [2.24, 2.45) is 0 Å². The molecular weight excluding hydrogens is 438 g/mol. The van der Waals surface area contributed by atoms with E-state index in [-0.39, 0.29) is 16.7 Å². The van der Waals surface area contributed by atoms with Crippen LogP contribution in [-0.4, -0.2) is 54.7 Å². The molecule has 2 aliphatic rings. The maximum absolute atomic E-state index is 13.2. The van der Waals surface area contributed by atoms with E-state index in [2.05, 4.69) is 4.98 Å². The molecule has 2 aromatic carbocycles. The number of carbonyl (C=O) groups excluding carboxylic acids is 1. The largest absolute Gasteiger partial charge is 0.440 e. The van der Waals surface area contributed by atoms with Crippen LogP contribution in [0.15, 0.2) is 57.8 Å². The maximum atomic E-state index is 13.2. The van der Waals surface area contributed by atoms with Crippen molar-refractivity contribution in [3.8, 4) is 0 Å². The summed E-state index contributed by atoms with van der Waals surface area (Å²) in [6.45, 7) is 2.27. The normalized spacial score (nSPS) is 19.0. The standard InChI is InChI=1S/C25H29N3O4S/c29-25(20-8-7-9-21(18-20)33(30,31)28-14-5-1-2-6-15-28)27-16-12-19(13-17-27)24-26-22-10-3-4-11-23(22)32-24/h3-4,7-11,18-19H,1-2,5-6,12-17H2. The number of oxazole rings is 1. The lowest BCUT2D eigenvalue weighted by Gasteiger charge is -2.30. The molecule has 7 nitrogen and oxygen atoms in total. The van der Waals surface area contributed by atoms with Gasteiger partial charge in [-0.1, -0.05) is 31.0 Å². The fraction of sp³-hybridized carbons (Fsp3) is 0.440. The minimum atomic E-state index is -3.59. The molecule has 0 unspecified atom stereocenters. The SMILES string of the molecule is O=C(c1cccc(S(=O)(=O)N2CCCCCC2)c1)N1CCC(c2nc3ccccc3o2)CC1. The van der Waals surface area contributed by atoms with E-state index in [0.29, 0.717) is 31.7 Å². The first-order chi connectivity index (χ1) is 16.0. The van der Waals surface area contributed by atoms with E-state index in [1.54, 1.807) is 27.4 Å². The van der Waals surface area contributed by atoms with Crippen LogP contribution in [0.5, 0.6) is 0 Å². The number of likely N-dealkylation sites (tertiary alicyclic amines) is 1. The van der Waals surface area contributed by atoms with Crippen molar-refractivity contribution in [2.75, 3.05) is 26.2 Å². The Morgan fingerprint density at radius 3 is 2.36 bits per heavy atom. The van der Waals surface area contributed by atoms with Crippen molar-refractivity contribution in [3.05, 3.63) is 60.0 Å². The Hall–Kier alpha value is -2.71. The van der Waals surface area contributed by atoms with Crippen LogP contribution in [0, 0.1) is 0 Å². The Kier molecular flexibility index (Phi) is 6.21. The van der Waals surface area contributed by atoms with Crippen LogP contribution in [0.3, 0.4) is 0 Å². The topological polar surface area (TPSA) is 83.7 Å². The second kappa shape index (κ2) is 9.27. The first kappa shape index (κ1) is 22.1. The van der Waals surface area contributed by atoms with Gasteiger partial charge in [-0.05, 0) is 56.0 Å². The van der Waals surface area contributed by atoms with Gasteiger partial charge in [0.25, 0.3) is 5.91 Å². The molecule has 174 valence electrons. The molecule has 3 heterocycles. The molecule has 0 bridgehead atoms. The number of carbonyl (C=O) groups is 1. The molecule has 0 spiro atoms. The molecule has 33 heavy (non-hydrogen) atoms. The molecule has 1 amide bonds. The summed E-state index contributed by atoms with van der Waals surface area (Å²) < 4.78 is 33.8. The van der Waals surface area contributed by atoms with Gasteiger partial charge in [-0.2, -0.15) is 4.31 Å². The third-order valence-electron chi connectivity index (χ3n) is 6.73. The molecule has 2 aliphatic heterocycles. The molecule has 1 aromatic heterocycles. The summed E-state index contributed by atoms with van der Waals surface area (Å²) in [4.78, 5) is 19.8. The number of hydrogen-bond donors (Lipinski definition) is 0. The fourth-order valence-corrected chi connectivity index (χ4v) is 6.36. The Morgan fingerprint density at radius 1 is 0.909 bits per heavy atom. The smallest absolute Gasteiger partial charge is 0.253 e. The summed E-state index contributed by atoms with van der Waals surface area (Å²) in [7, 11) is -3.59. The molecule has 0 radical (unpaired) electrons. The zero-order valence-corrected chi connectivity index (χ0v) is 19.5. The number of fused-ring (bicyclic) bond motifs is 1. The molecule has 0 aliphatic carbocycles. The van der Waals surface area contributed by atoms with Gasteiger partial charge in [0.2, 0.25) is 10.0 Å². The summed E-state index contributed by atoms with van der Waals surface area (Å²) in [5.74, 6) is 0.781.